The molecule has 0 bridgehead atoms. The van der Waals surface area contributed by atoms with E-state index in [0.29, 0.717) is 17.1 Å². The van der Waals surface area contributed by atoms with Crippen LogP contribution in [-0.4, -0.2) is 5.78 Å². The Kier molecular flexibility index (Phi) is 2.50. The molecule has 0 aliphatic heterocycles. The molecule has 0 heterocycles. The Bertz CT molecular complexity index is 273. The van der Waals surface area contributed by atoms with Crippen molar-refractivity contribution in [1.29, 1.82) is 0 Å². The molecule has 1 saturated carbocycles. The lowest BCUT2D eigenvalue weighted by atomic mass is 9.66. The zero-order valence-electron chi connectivity index (χ0n) is 9.31. The van der Waals surface area contributed by atoms with E-state index < -0.39 is 0 Å². The molecule has 14 heavy (non-hydrogen) atoms. The molecule has 0 radical (unpaired) electrons. The van der Waals surface area contributed by atoms with Crippen molar-refractivity contribution < 1.29 is 4.79 Å². The molecule has 1 fully saturated rings. The van der Waals surface area contributed by atoms with Gasteiger partial charge in [0.15, 0.2) is 0 Å². The highest BCUT2D eigenvalue weighted by molar-refractivity contribution is 5.81. The van der Waals surface area contributed by atoms with Crippen LogP contribution < -0.4 is 0 Å². The van der Waals surface area contributed by atoms with Crippen molar-refractivity contribution in [1.82, 2.24) is 0 Å². The van der Waals surface area contributed by atoms with Gasteiger partial charge in [-0.05, 0) is 37.0 Å². The summed E-state index contributed by atoms with van der Waals surface area (Å²) in [5.41, 5.74) is 1.87. The second kappa shape index (κ2) is 3.52. The summed E-state index contributed by atoms with van der Waals surface area (Å²) in [6, 6.07) is 0. The largest absolute Gasteiger partial charge is 0.299 e. The molecule has 0 amide bonds. The van der Waals surface area contributed by atoms with Gasteiger partial charge in [0.2, 0.25) is 0 Å². The van der Waals surface area contributed by atoms with Crippen LogP contribution in [0.2, 0.25) is 0 Å². The van der Waals surface area contributed by atoms with Crippen LogP contribution in [-0.2, 0) is 4.79 Å². The topological polar surface area (TPSA) is 17.1 Å². The molecule has 0 aromatic rings. The van der Waals surface area contributed by atoms with Gasteiger partial charge in [-0.1, -0.05) is 25.5 Å². The summed E-state index contributed by atoms with van der Waals surface area (Å²) in [5.74, 6) is 1.14. The zero-order chi connectivity index (χ0) is 10.2. The third-order valence-electron chi connectivity index (χ3n) is 3.94. The van der Waals surface area contributed by atoms with Gasteiger partial charge >= 0.3 is 0 Å². The average Bonchev–Trinajstić information content (AvgIpc) is 2.26. The Balaban J connectivity index is 2.25. The molecule has 2 rings (SSSR count). The molecule has 1 heteroatoms. The van der Waals surface area contributed by atoms with Gasteiger partial charge in [-0.2, -0.15) is 0 Å². The Morgan fingerprint density at radius 3 is 3.00 bits per heavy atom. The molecule has 1 unspecified atom stereocenters. The fourth-order valence-corrected chi connectivity index (χ4v) is 3.04. The van der Waals surface area contributed by atoms with Crippen LogP contribution in [0.1, 0.15) is 52.4 Å². The number of hydrogen-bond acceptors (Lipinski definition) is 1. The molecule has 1 nitrogen and oxygen atoms in total. The molecule has 1 atom stereocenters. The van der Waals surface area contributed by atoms with E-state index in [1.165, 1.54) is 24.8 Å². The summed E-state index contributed by atoms with van der Waals surface area (Å²) in [7, 11) is 0. The SMILES string of the molecule is CC1(C)CCC=C2CC(=O)CCCC21. The Morgan fingerprint density at radius 2 is 2.21 bits per heavy atom. The fraction of sp³-hybridized carbons (Fsp3) is 0.769. The van der Waals surface area contributed by atoms with Crippen LogP contribution in [0.25, 0.3) is 0 Å². The van der Waals surface area contributed by atoms with Crippen LogP contribution in [0.15, 0.2) is 11.6 Å². The molecule has 2 aliphatic rings. The van der Waals surface area contributed by atoms with Crippen molar-refractivity contribution in [2.45, 2.75) is 52.4 Å². The van der Waals surface area contributed by atoms with Crippen molar-refractivity contribution >= 4 is 5.78 Å². The molecular weight excluding hydrogens is 172 g/mol. The number of allylic oxidation sites excluding steroid dienone is 2. The highest BCUT2D eigenvalue weighted by Gasteiger charge is 2.35. The van der Waals surface area contributed by atoms with Gasteiger partial charge in [0.1, 0.15) is 5.78 Å². The first-order valence-electron chi connectivity index (χ1n) is 5.80. The minimum atomic E-state index is 0.425. The number of ketones is 1. The lowest BCUT2D eigenvalue weighted by Gasteiger charge is -2.38. The highest BCUT2D eigenvalue weighted by Crippen LogP contribution is 2.46. The Labute approximate surface area is 86.6 Å². The lowest BCUT2D eigenvalue weighted by molar-refractivity contribution is -0.118. The van der Waals surface area contributed by atoms with Crippen molar-refractivity contribution in [2.24, 2.45) is 11.3 Å². The summed E-state index contributed by atoms with van der Waals surface area (Å²) < 4.78 is 0. The third-order valence-corrected chi connectivity index (χ3v) is 3.94. The lowest BCUT2D eigenvalue weighted by Crippen LogP contribution is -2.28. The third kappa shape index (κ3) is 1.77. The van der Waals surface area contributed by atoms with E-state index in [-0.39, 0.29) is 0 Å². The number of hydrogen-bond donors (Lipinski definition) is 0. The Hall–Kier alpha value is -0.590. The van der Waals surface area contributed by atoms with Gasteiger partial charge in [-0.3, -0.25) is 4.79 Å². The minimum absolute atomic E-state index is 0.425. The monoisotopic (exact) mass is 192 g/mol. The van der Waals surface area contributed by atoms with Crippen molar-refractivity contribution in [2.75, 3.05) is 0 Å². The molecule has 0 spiro atoms. The van der Waals surface area contributed by atoms with E-state index in [4.69, 9.17) is 0 Å². The van der Waals surface area contributed by atoms with Crippen molar-refractivity contribution in [3.63, 3.8) is 0 Å². The predicted molar refractivity (Wildman–Crippen MR) is 58.1 cm³/mol. The zero-order valence-corrected chi connectivity index (χ0v) is 9.31. The predicted octanol–water partition coefficient (Wildman–Crippen LogP) is 3.49. The normalized spacial score (nSPS) is 31.7. The standard InChI is InChI=1S/C13H20O/c1-13(2)8-4-5-10-9-11(14)6-3-7-12(10)13/h5,12H,3-4,6-9H2,1-2H3. The first kappa shape index (κ1) is 9.95. The molecule has 0 aromatic heterocycles. The summed E-state index contributed by atoms with van der Waals surface area (Å²) in [6.45, 7) is 4.72. The van der Waals surface area contributed by atoms with E-state index in [0.717, 1.165) is 19.3 Å². The van der Waals surface area contributed by atoms with E-state index in [1.54, 1.807) is 0 Å². The molecule has 0 saturated heterocycles. The van der Waals surface area contributed by atoms with Gasteiger partial charge in [0.25, 0.3) is 0 Å². The smallest absolute Gasteiger partial charge is 0.136 e. The summed E-state index contributed by atoms with van der Waals surface area (Å²) in [4.78, 5) is 11.5. The maximum Gasteiger partial charge on any atom is 0.136 e. The number of Topliss-reactive ketones (excluding diaryl/α,β-unsaturated/α-hetero) is 1. The first-order valence-corrected chi connectivity index (χ1v) is 5.80. The molecule has 0 N–H and O–H groups in total. The van der Waals surface area contributed by atoms with Crippen molar-refractivity contribution in [3.05, 3.63) is 11.6 Å². The van der Waals surface area contributed by atoms with E-state index in [1.807, 2.05) is 0 Å². The van der Waals surface area contributed by atoms with Crippen LogP contribution in [0.5, 0.6) is 0 Å². The summed E-state index contributed by atoms with van der Waals surface area (Å²) in [6.07, 6.45) is 8.67. The number of fused-ring (bicyclic) bond motifs is 1. The van der Waals surface area contributed by atoms with Crippen molar-refractivity contribution in [3.8, 4) is 0 Å². The highest BCUT2D eigenvalue weighted by atomic mass is 16.1. The fourth-order valence-electron chi connectivity index (χ4n) is 3.04. The number of rotatable bonds is 0. The van der Waals surface area contributed by atoms with E-state index >= 15 is 0 Å². The van der Waals surface area contributed by atoms with Gasteiger partial charge in [-0.25, -0.2) is 0 Å². The van der Waals surface area contributed by atoms with Crippen LogP contribution in [0.3, 0.4) is 0 Å². The minimum Gasteiger partial charge on any atom is -0.299 e. The summed E-state index contributed by atoms with van der Waals surface area (Å²) in [5, 5.41) is 0. The van der Waals surface area contributed by atoms with Gasteiger partial charge in [0.05, 0.1) is 0 Å². The van der Waals surface area contributed by atoms with E-state index in [9.17, 15) is 4.79 Å². The average molecular weight is 192 g/mol. The van der Waals surface area contributed by atoms with Crippen LogP contribution in [0, 0.1) is 11.3 Å². The number of carbonyl (C=O) groups excluding carboxylic acids is 1. The van der Waals surface area contributed by atoms with Gasteiger partial charge in [0, 0.05) is 12.8 Å². The molecule has 2 aliphatic carbocycles. The summed E-state index contributed by atoms with van der Waals surface area (Å²) >= 11 is 0. The van der Waals surface area contributed by atoms with Gasteiger partial charge in [-0.15, -0.1) is 0 Å². The second-order valence-electron chi connectivity index (χ2n) is 5.47. The first-order chi connectivity index (χ1) is 6.59. The maximum absolute atomic E-state index is 11.5. The Morgan fingerprint density at radius 1 is 1.43 bits per heavy atom. The number of carbonyl (C=O) groups is 1. The quantitative estimate of drug-likeness (QED) is 0.537. The molecule has 78 valence electrons. The van der Waals surface area contributed by atoms with Gasteiger partial charge < -0.3 is 0 Å². The molecule has 0 aromatic carbocycles. The van der Waals surface area contributed by atoms with Crippen LogP contribution in [0.4, 0.5) is 0 Å². The van der Waals surface area contributed by atoms with Crippen LogP contribution >= 0.6 is 0 Å². The molecular formula is C13H20O. The maximum atomic E-state index is 11.5. The van der Waals surface area contributed by atoms with E-state index in [2.05, 4.69) is 19.9 Å². The second-order valence-corrected chi connectivity index (χ2v) is 5.47.